The van der Waals surface area contributed by atoms with E-state index in [1.807, 2.05) is 23.1 Å². The SMILES string of the molecule is CC(=O)Nc1ccc2c(c1)CCN2C(=O)C1CC1. The molecular weight excluding hydrogens is 228 g/mol. The maximum Gasteiger partial charge on any atom is 0.230 e. The first-order chi connectivity index (χ1) is 8.65. The van der Waals surface area contributed by atoms with Crippen molar-refractivity contribution in [2.24, 2.45) is 5.92 Å². The first kappa shape index (κ1) is 11.3. The number of anilines is 2. The van der Waals surface area contributed by atoms with Gasteiger partial charge in [0.15, 0.2) is 0 Å². The molecule has 4 heteroatoms. The minimum absolute atomic E-state index is 0.0705. The van der Waals surface area contributed by atoms with Crippen molar-refractivity contribution in [2.75, 3.05) is 16.8 Å². The van der Waals surface area contributed by atoms with Gasteiger partial charge in [0.25, 0.3) is 0 Å². The Kier molecular flexibility index (Phi) is 2.58. The Morgan fingerprint density at radius 3 is 2.78 bits per heavy atom. The summed E-state index contributed by atoms with van der Waals surface area (Å²) in [6, 6.07) is 5.77. The number of amides is 2. The van der Waals surface area contributed by atoms with Gasteiger partial charge in [-0.1, -0.05) is 0 Å². The summed E-state index contributed by atoms with van der Waals surface area (Å²) in [5.41, 5.74) is 2.97. The first-order valence-corrected chi connectivity index (χ1v) is 6.37. The van der Waals surface area contributed by atoms with Crippen LogP contribution in [0.5, 0.6) is 0 Å². The van der Waals surface area contributed by atoms with E-state index in [-0.39, 0.29) is 17.7 Å². The molecule has 0 bridgehead atoms. The number of rotatable bonds is 2. The lowest BCUT2D eigenvalue weighted by Crippen LogP contribution is -2.30. The lowest BCUT2D eigenvalue weighted by molar-refractivity contribution is -0.119. The molecule has 0 aromatic heterocycles. The first-order valence-electron chi connectivity index (χ1n) is 6.37. The van der Waals surface area contributed by atoms with Gasteiger partial charge < -0.3 is 10.2 Å². The van der Waals surface area contributed by atoms with E-state index in [1.54, 1.807) is 0 Å². The van der Waals surface area contributed by atoms with E-state index in [1.165, 1.54) is 6.92 Å². The fraction of sp³-hybridized carbons (Fsp3) is 0.429. The zero-order valence-corrected chi connectivity index (χ0v) is 10.4. The minimum atomic E-state index is -0.0705. The number of carbonyl (C=O) groups excluding carboxylic acids is 2. The lowest BCUT2D eigenvalue weighted by Gasteiger charge is -2.17. The molecule has 0 radical (unpaired) electrons. The smallest absolute Gasteiger partial charge is 0.230 e. The summed E-state index contributed by atoms with van der Waals surface area (Å²) in [6.45, 7) is 2.27. The monoisotopic (exact) mass is 244 g/mol. The van der Waals surface area contributed by atoms with Crippen LogP contribution in [0.2, 0.25) is 0 Å². The quantitative estimate of drug-likeness (QED) is 0.864. The normalized spacial score (nSPS) is 17.5. The molecule has 18 heavy (non-hydrogen) atoms. The number of benzene rings is 1. The van der Waals surface area contributed by atoms with E-state index in [2.05, 4.69) is 5.32 Å². The molecular formula is C14H16N2O2. The summed E-state index contributed by atoms with van der Waals surface area (Å²) in [6.07, 6.45) is 2.95. The second kappa shape index (κ2) is 4.12. The van der Waals surface area contributed by atoms with Gasteiger partial charge in [-0.2, -0.15) is 0 Å². The van der Waals surface area contributed by atoms with Crippen LogP contribution in [0.4, 0.5) is 11.4 Å². The Morgan fingerprint density at radius 2 is 2.11 bits per heavy atom. The van der Waals surface area contributed by atoms with Crippen molar-refractivity contribution in [3.63, 3.8) is 0 Å². The van der Waals surface area contributed by atoms with E-state index in [4.69, 9.17) is 0 Å². The highest BCUT2D eigenvalue weighted by molar-refractivity contribution is 5.99. The standard InChI is InChI=1S/C14H16N2O2/c1-9(17)15-12-4-5-13-11(8-12)6-7-16(13)14(18)10-2-3-10/h4-5,8,10H,2-3,6-7H2,1H3,(H,15,17). The van der Waals surface area contributed by atoms with Crippen LogP contribution < -0.4 is 10.2 Å². The van der Waals surface area contributed by atoms with Crippen molar-refractivity contribution < 1.29 is 9.59 Å². The predicted octanol–water partition coefficient (Wildman–Crippen LogP) is 1.94. The number of carbonyl (C=O) groups is 2. The molecule has 1 aromatic carbocycles. The highest BCUT2D eigenvalue weighted by Gasteiger charge is 2.36. The van der Waals surface area contributed by atoms with Crippen molar-refractivity contribution in [2.45, 2.75) is 26.2 Å². The van der Waals surface area contributed by atoms with Crippen molar-refractivity contribution in [1.82, 2.24) is 0 Å². The third kappa shape index (κ3) is 1.98. The van der Waals surface area contributed by atoms with Crippen molar-refractivity contribution in [3.05, 3.63) is 23.8 Å². The van der Waals surface area contributed by atoms with Gasteiger partial charge in [-0.3, -0.25) is 9.59 Å². The minimum Gasteiger partial charge on any atom is -0.326 e. The van der Waals surface area contributed by atoms with Crippen molar-refractivity contribution in [1.29, 1.82) is 0 Å². The summed E-state index contributed by atoms with van der Waals surface area (Å²) in [5, 5.41) is 2.77. The zero-order valence-electron chi connectivity index (χ0n) is 10.4. The van der Waals surface area contributed by atoms with Crippen LogP contribution in [0.15, 0.2) is 18.2 Å². The molecule has 1 heterocycles. The van der Waals surface area contributed by atoms with Crippen LogP contribution in [0, 0.1) is 5.92 Å². The van der Waals surface area contributed by atoms with Crippen LogP contribution in [0.25, 0.3) is 0 Å². The molecule has 0 unspecified atom stereocenters. The summed E-state index contributed by atoms with van der Waals surface area (Å²) in [4.78, 5) is 25.0. The van der Waals surface area contributed by atoms with Gasteiger partial charge in [0.2, 0.25) is 11.8 Å². The summed E-state index contributed by atoms with van der Waals surface area (Å²) >= 11 is 0. The Hall–Kier alpha value is -1.84. The number of fused-ring (bicyclic) bond motifs is 1. The van der Waals surface area contributed by atoms with Crippen LogP contribution in [0.3, 0.4) is 0 Å². The molecule has 1 aliphatic heterocycles. The highest BCUT2D eigenvalue weighted by atomic mass is 16.2. The van der Waals surface area contributed by atoms with E-state index in [0.29, 0.717) is 0 Å². The van der Waals surface area contributed by atoms with Gasteiger partial charge in [0.1, 0.15) is 0 Å². The molecule has 1 aliphatic carbocycles. The molecule has 2 aliphatic rings. The Bertz CT molecular complexity index is 521. The molecule has 0 saturated heterocycles. The van der Waals surface area contributed by atoms with E-state index < -0.39 is 0 Å². The van der Waals surface area contributed by atoms with E-state index >= 15 is 0 Å². The molecule has 0 atom stereocenters. The third-order valence-corrected chi connectivity index (χ3v) is 3.49. The van der Waals surface area contributed by atoms with Gasteiger partial charge in [0.05, 0.1) is 0 Å². The second-order valence-corrected chi connectivity index (χ2v) is 5.04. The fourth-order valence-electron chi connectivity index (χ4n) is 2.46. The predicted molar refractivity (Wildman–Crippen MR) is 69.5 cm³/mol. The van der Waals surface area contributed by atoms with Crippen LogP contribution in [-0.2, 0) is 16.0 Å². The molecule has 3 rings (SSSR count). The van der Waals surface area contributed by atoms with Crippen molar-refractivity contribution in [3.8, 4) is 0 Å². The average Bonchev–Trinajstić information content (AvgIpc) is 3.08. The maximum atomic E-state index is 12.1. The van der Waals surface area contributed by atoms with Crippen LogP contribution in [0.1, 0.15) is 25.3 Å². The lowest BCUT2D eigenvalue weighted by atomic mass is 10.1. The van der Waals surface area contributed by atoms with Gasteiger partial charge >= 0.3 is 0 Å². The van der Waals surface area contributed by atoms with Gasteiger partial charge in [-0.25, -0.2) is 0 Å². The van der Waals surface area contributed by atoms with Crippen molar-refractivity contribution >= 4 is 23.2 Å². The number of nitrogens with one attached hydrogen (secondary N) is 1. The molecule has 1 aromatic rings. The molecule has 1 N–H and O–H groups in total. The Balaban J connectivity index is 1.84. The van der Waals surface area contributed by atoms with Crippen LogP contribution in [-0.4, -0.2) is 18.4 Å². The molecule has 1 fully saturated rings. The van der Waals surface area contributed by atoms with Gasteiger partial charge in [0, 0.05) is 30.8 Å². The topological polar surface area (TPSA) is 49.4 Å². The summed E-state index contributed by atoms with van der Waals surface area (Å²) in [7, 11) is 0. The molecule has 4 nitrogen and oxygen atoms in total. The summed E-state index contributed by atoms with van der Waals surface area (Å²) in [5.74, 6) is 0.450. The zero-order chi connectivity index (χ0) is 12.7. The molecule has 0 spiro atoms. The van der Waals surface area contributed by atoms with E-state index in [0.717, 1.165) is 42.7 Å². The number of hydrogen-bond acceptors (Lipinski definition) is 2. The largest absolute Gasteiger partial charge is 0.326 e. The van der Waals surface area contributed by atoms with Crippen LogP contribution >= 0.6 is 0 Å². The molecule has 94 valence electrons. The van der Waals surface area contributed by atoms with Gasteiger partial charge in [-0.15, -0.1) is 0 Å². The Labute approximate surface area is 106 Å². The second-order valence-electron chi connectivity index (χ2n) is 5.04. The number of hydrogen-bond donors (Lipinski definition) is 1. The Morgan fingerprint density at radius 1 is 1.33 bits per heavy atom. The summed E-state index contributed by atoms with van der Waals surface area (Å²) < 4.78 is 0. The molecule has 2 amide bonds. The highest BCUT2D eigenvalue weighted by Crippen LogP contribution is 2.37. The fourth-order valence-corrected chi connectivity index (χ4v) is 2.46. The number of nitrogens with zero attached hydrogens (tertiary/aromatic N) is 1. The average molecular weight is 244 g/mol. The third-order valence-electron chi connectivity index (χ3n) is 3.49. The van der Waals surface area contributed by atoms with Gasteiger partial charge in [-0.05, 0) is 43.0 Å². The molecule has 1 saturated carbocycles. The maximum absolute atomic E-state index is 12.1. The van der Waals surface area contributed by atoms with E-state index in [9.17, 15) is 9.59 Å².